The molecule has 1 aromatic carbocycles. The second-order valence-electron chi connectivity index (χ2n) is 4.24. The van der Waals surface area contributed by atoms with Crippen molar-refractivity contribution in [3.05, 3.63) is 59.7 Å². The van der Waals surface area contributed by atoms with Gasteiger partial charge >= 0.3 is 0 Å². The van der Waals surface area contributed by atoms with Gasteiger partial charge in [-0.15, -0.1) is 0 Å². The van der Waals surface area contributed by atoms with Crippen molar-refractivity contribution in [2.45, 2.75) is 13.8 Å². The molecule has 100 valence electrons. The van der Waals surface area contributed by atoms with Gasteiger partial charge in [0.25, 0.3) is 5.91 Å². The first-order valence-electron chi connectivity index (χ1n) is 5.94. The van der Waals surface area contributed by atoms with Crippen LogP contribution in [0.25, 0.3) is 0 Å². The predicted molar refractivity (Wildman–Crippen MR) is 72.8 cm³/mol. The van der Waals surface area contributed by atoms with Gasteiger partial charge in [0.1, 0.15) is 0 Å². The molecule has 2 N–H and O–H groups in total. The maximum atomic E-state index is 12.1. The van der Waals surface area contributed by atoms with Gasteiger partial charge in [0.15, 0.2) is 5.78 Å². The number of rotatable bonds is 5. The molecule has 1 atom stereocenters. The van der Waals surface area contributed by atoms with E-state index in [4.69, 9.17) is 5.21 Å². The molecule has 0 saturated heterocycles. The van der Waals surface area contributed by atoms with Crippen LogP contribution in [0.15, 0.2) is 54.1 Å². The van der Waals surface area contributed by atoms with Gasteiger partial charge < -0.3 is 0 Å². The third-order valence-electron chi connectivity index (χ3n) is 2.59. The molecule has 4 nitrogen and oxygen atoms in total. The van der Waals surface area contributed by atoms with Crippen LogP contribution in [-0.4, -0.2) is 16.9 Å². The first-order valence-corrected chi connectivity index (χ1v) is 5.94. The minimum atomic E-state index is -0.602. The molecule has 0 fully saturated rings. The van der Waals surface area contributed by atoms with E-state index in [9.17, 15) is 9.59 Å². The number of hydroxylamine groups is 1. The Morgan fingerprint density at radius 3 is 2.42 bits per heavy atom. The molecule has 1 rings (SSSR count). The quantitative estimate of drug-likeness (QED) is 0.281. The summed E-state index contributed by atoms with van der Waals surface area (Å²) in [5.74, 6) is -0.848. The minimum Gasteiger partial charge on any atom is -0.294 e. The highest BCUT2D eigenvalue weighted by molar-refractivity contribution is 5.98. The third-order valence-corrected chi connectivity index (χ3v) is 2.59. The zero-order valence-corrected chi connectivity index (χ0v) is 11.0. The lowest BCUT2D eigenvalue weighted by atomic mass is 9.97. The topological polar surface area (TPSA) is 66.4 Å². The highest BCUT2D eigenvalue weighted by Gasteiger charge is 2.12. The van der Waals surface area contributed by atoms with Crippen molar-refractivity contribution < 1.29 is 14.8 Å². The molecule has 0 saturated carbocycles. The van der Waals surface area contributed by atoms with Gasteiger partial charge in [-0.3, -0.25) is 14.8 Å². The van der Waals surface area contributed by atoms with Crippen molar-refractivity contribution in [3.63, 3.8) is 0 Å². The van der Waals surface area contributed by atoms with Gasteiger partial charge in [-0.1, -0.05) is 55.0 Å². The second-order valence-corrected chi connectivity index (χ2v) is 4.24. The van der Waals surface area contributed by atoms with Gasteiger partial charge in [0, 0.05) is 17.6 Å². The minimum absolute atomic E-state index is 0.0277. The lowest BCUT2D eigenvalue weighted by Crippen LogP contribution is -2.15. The van der Waals surface area contributed by atoms with Gasteiger partial charge in [0.2, 0.25) is 0 Å². The molecule has 0 spiro atoms. The van der Waals surface area contributed by atoms with Crippen molar-refractivity contribution in [1.29, 1.82) is 0 Å². The molecule has 0 aliphatic rings. The van der Waals surface area contributed by atoms with Crippen LogP contribution in [0.3, 0.4) is 0 Å². The van der Waals surface area contributed by atoms with Crippen LogP contribution in [0.5, 0.6) is 0 Å². The number of Topliss-reactive ketones (excluding diaryl/α,β-unsaturated/α-hetero) is 1. The van der Waals surface area contributed by atoms with Crippen molar-refractivity contribution in [2.24, 2.45) is 5.92 Å². The van der Waals surface area contributed by atoms with Crippen LogP contribution in [0, 0.1) is 5.92 Å². The Bertz CT molecular complexity index is 503. The number of ketones is 1. The monoisotopic (exact) mass is 259 g/mol. The van der Waals surface area contributed by atoms with E-state index in [2.05, 4.69) is 0 Å². The average Bonchev–Trinajstić information content (AvgIpc) is 2.44. The predicted octanol–water partition coefficient (Wildman–Crippen LogP) is 2.51. The van der Waals surface area contributed by atoms with Crippen molar-refractivity contribution in [2.75, 3.05) is 0 Å². The van der Waals surface area contributed by atoms with Crippen LogP contribution in [0.1, 0.15) is 24.2 Å². The van der Waals surface area contributed by atoms with E-state index in [1.807, 2.05) is 18.2 Å². The van der Waals surface area contributed by atoms with Crippen LogP contribution in [0.2, 0.25) is 0 Å². The number of nitrogens with one attached hydrogen (secondary N) is 1. The zero-order chi connectivity index (χ0) is 14.3. The molecule has 0 radical (unpaired) electrons. The normalized spacial score (nSPS) is 13.3. The molecule has 1 amide bonds. The standard InChI is InChI=1S/C15H17NO3/c1-11(8-9-14(17)16-19)10-12(2)15(18)13-6-4-3-5-7-13/h3-10,12,19H,1-2H3,(H,16,17)/b9-8+,11-10+/t12-/m1/s1. The van der Waals surface area contributed by atoms with Crippen LogP contribution >= 0.6 is 0 Å². The summed E-state index contributed by atoms with van der Waals surface area (Å²) in [5.41, 5.74) is 2.94. The molecule has 0 heterocycles. The van der Waals surface area contributed by atoms with Gasteiger partial charge in [0.05, 0.1) is 0 Å². The average molecular weight is 259 g/mol. The van der Waals surface area contributed by atoms with Crippen LogP contribution in [0.4, 0.5) is 0 Å². The Morgan fingerprint density at radius 1 is 1.21 bits per heavy atom. The fourth-order valence-electron chi connectivity index (χ4n) is 1.64. The highest BCUT2D eigenvalue weighted by Crippen LogP contribution is 2.12. The van der Waals surface area contributed by atoms with Crippen molar-refractivity contribution in [1.82, 2.24) is 5.48 Å². The molecule has 0 aromatic heterocycles. The molecular formula is C15H17NO3. The Balaban J connectivity index is 2.73. The largest absolute Gasteiger partial charge is 0.294 e. The van der Waals surface area contributed by atoms with E-state index in [0.717, 1.165) is 5.57 Å². The Morgan fingerprint density at radius 2 is 1.84 bits per heavy atom. The van der Waals surface area contributed by atoms with Gasteiger partial charge in [-0.2, -0.15) is 0 Å². The zero-order valence-electron chi connectivity index (χ0n) is 11.0. The van der Waals surface area contributed by atoms with E-state index in [0.29, 0.717) is 5.56 Å². The summed E-state index contributed by atoms with van der Waals surface area (Å²) in [6.45, 7) is 3.59. The summed E-state index contributed by atoms with van der Waals surface area (Å²) in [7, 11) is 0. The number of hydrogen-bond acceptors (Lipinski definition) is 3. The van der Waals surface area contributed by atoms with Crippen LogP contribution < -0.4 is 5.48 Å². The maximum Gasteiger partial charge on any atom is 0.267 e. The molecule has 1 aromatic rings. The second kappa shape index (κ2) is 7.28. The van der Waals surface area contributed by atoms with E-state index in [1.165, 1.54) is 11.6 Å². The SMILES string of the molecule is CC(/C=C/C(=O)NO)=C\[C@@H](C)C(=O)c1ccccc1. The van der Waals surface area contributed by atoms with Crippen LogP contribution in [-0.2, 0) is 4.79 Å². The molecule has 19 heavy (non-hydrogen) atoms. The number of allylic oxidation sites excluding steroid dienone is 3. The summed E-state index contributed by atoms with van der Waals surface area (Å²) in [5, 5.41) is 8.34. The number of hydrogen-bond donors (Lipinski definition) is 2. The molecular weight excluding hydrogens is 242 g/mol. The summed E-state index contributed by atoms with van der Waals surface area (Å²) in [6.07, 6.45) is 4.52. The lowest BCUT2D eigenvalue weighted by Gasteiger charge is -2.06. The van der Waals surface area contributed by atoms with E-state index >= 15 is 0 Å². The summed E-state index contributed by atoms with van der Waals surface area (Å²) >= 11 is 0. The Labute approximate surface area is 112 Å². The molecule has 0 aliphatic carbocycles. The number of benzene rings is 1. The fraction of sp³-hybridized carbons (Fsp3) is 0.200. The molecule has 4 heteroatoms. The summed E-state index contributed by atoms with van der Waals surface area (Å²) in [6, 6.07) is 9.05. The highest BCUT2D eigenvalue weighted by atomic mass is 16.5. The first kappa shape index (κ1) is 14.9. The molecule has 0 unspecified atom stereocenters. The lowest BCUT2D eigenvalue weighted by molar-refractivity contribution is -0.124. The van der Waals surface area contributed by atoms with E-state index < -0.39 is 5.91 Å². The summed E-state index contributed by atoms with van der Waals surface area (Å²) < 4.78 is 0. The number of amides is 1. The first-order chi connectivity index (χ1) is 9.04. The third kappa shape index (κ3) is 4.89. The molecule has 0 bridgehead atoms. The number of carbonyl (C=O) groups excluding carboxylic acids is 2. The van der Waals surface area contributed by atoms with E-state index in [1.54, 1.807) is 38.1 Å². The Kier molecular flexibility index (Phi) is 5.70. The number of carbonyl (C=O) groups is 2. The van der Waals surface area contributed by atoms with Gasteiger partial charge in [-0.25, -0.2) is 5.48 Å². The van der Waals surface area contributed by atoms with Crippen molar-refractivity contribution in [3.8, 4) is 0 Å². The fourth-order valence-corrected chi connectivity index (χ4v) is 1.64. The molecule has 0 aliphatic heterocycles. The van der Waals surface area contributed by atoms with E-state index in [-0.39, 0.29) is 11.7 Å². The smallest absolute Gasteiger partial charge is 0.267 e. The summed E-state index contributed by atoms with van der Waals surface area (Å²) in [4.78, 5) is 22.9. The van der Waals surface area contributed by atoms with Crippen molar-refractivity contribution >= 4 is 11.7 Å². The maximum absolute atomic E-state index is 12.1. The van der Waals surface area contributed by atoms with Gasteiger partial charge in [-0.05, 0) is 6.92 Å². The Hall–Kier alpha value is -2.20.